The highest BCUT2D eigenvalue weighted by molar-refractivity contribution is 9.10. The maximum Gasteiger partial charge on any atom is 0.137 e. The smallest absolute Gasteiger partial charge is 0.137 e. The van der Waals surface area contributed by atoms with Crippen molar-refractivity contribution < 1.29 is 4.39 Å². The largest absolute Gasteiger partial charge is 0.312 e. The van der Waals surface area contributed by atoms with E-state index in [1.807, 2.05) is 12.1 Å². The van der Waals surface area contributed by atoms with E-state index in [1.54, 1.807) is 6.07 Å². The van der Waals surface area contributed by atoms with Gasteiger partial charge in [0.2, 0.25) is 0 Å². The van der Waals surface area contributed by atoms with Crippen molar-refractivity contribution in [3.05, 3.63) is 34.1 Å². The van der Waals surface area contributed by atoms with Gasteiger partial charge in [-0.2, -0.15) is 0 Å². The lowest BCUT2D eigenvalue weighted by Crippen LogP contribution is -2.43. The van der Waals surface area contributed by atoms with Crippen LogP contribution in [0.1, 0.15) is 52.0 Å². The summed E-state index contributed by atoms with van der Waals surface area (Å²) < 4.78 is 13.9. The molecule has 1 N–H and O–H groups in total. The number of hydrogen-bond acceptors (Lipinski definition) is 1. The predicted octanol–water partition coefficient (Wildman–Crippen LogP) is 5.08. The molecule has 0 saturated heterocycles. The highest BCUT2D eigenvalue weighted by atomic mass is 79.9. The molecule has 0 radical (unpaired) electrons. The molecular formula is C17H25BrFN. The summed E-state index contributed by atoms with van der Waals surface area (Å²) in [6.07, 6.45) is 6.20. The van der Waals surface area contributed by atoms with Crippen LogP contribution in [0.3, 0.4) is 0 Å². The van der Waals surface area contributed by atoms with Crippen molar-refractivity contribution in [2.45, 2.75) is 58.4 Å². The third-order valence-corrected chi connectivity index (χ3v) is 4.83. The normalized spacial score (nSPS) is 18.4. The third-order valence-electron chi connectivity index (χ3n) is 4.22. The number of halogens is 2. The van der Waals surface area contributed by atoms with Crippen LogP contribution in [0.25, 0.3) is 0 Å². The Morgan fingerprint density at radius 3 is 2.45 bits per heavy atom. The Bertz CT molecular complexity index is 459. The minimum atomic E-state index is -0.179. The molecule has 1 aromatic rings. The van der Waals surface area contributed by atoms with Crippen molar-refractivity contribution in [1.29, 1.82) is 0 Å². The van der Waals surface area contributed by atoms with Crippen LogP contribution in [-0.4, -0.2) is 12.1 Å². The van der Waals surface area contributed by atoms with Crippen molar-refractivity contribution in [3.63, 3.8) is 0 Å². The van der Waals surface area contributed by atoms with Gasteiger partial charge in [0.25, 0.3) is 0 Å². The maximum absolute atomic E-state index is 13.4. The van der Waals surface area contributed by atoms with Gasteiger partial charge in [-0.1, -0.05) is 18.9 Å². The second-order valence-electron chi connectivity index (χ2n) is 7.24. The number of rotatable bonds is 4. The summed E-state index contributed by atoms with van der Waals surface area (Å²) in [7, 11) is 0. The van der Waals surface area contributed by atoms with Gasteiger partial charge in [0.15, 0.2) is 0 Å². The van der Waals surface area contributed by atoms with E-state index in [1.165, 1.54) is 31.2 Å². The van der Waals surface area contributed by atoms with Gasteiger partial charge in [0, 0.05) is 12.1 Å². The van der Waals surface area contributed by atoms with E-state index in [4.69, 9.17) is 0 Å². The molecule has 1 aliphatic rings. The van der Waals surface area contributed by atoms with Gasteiger partial charge in [0.1, 0.15) is 5.82 Å². The van der Waals surface area contributed by atoms with Crippen LogP contribution in [0.15, 0.2) is 22.7 Å². The van der Waals surface area contributed by atoms with E-state index in [2.05, 4.69) is 42.0 Å². The average Bonchev–Trinajstić information content (AvgIpc) is 2.80. The summed E-state index contributed by atoms with van der Waals surface area (Å²) in [5.41, 5.74) is 1.72. The molecule has 0 amide bonds. The van der Waals surface area contributed by atoms with E-state index in [9.17, 15) is 4.39 Å². The summed E-state index contributed by atoms with van der Waals surface area (Å²) in [4.78, 5) is 0. The van der Waals surface area contributed by atoms with E-state index in [0.29, 0.717) is 9.89 Å². The Morgan fingerprint density at radius 1 is 1.25 bits per heavy atom. The molecule has 0 aliphatic heterocycles. The zero-order chi connectivity index (χ0) is 14.8. The Hall–Kier alpha value is -0.410. The second kappa shape index (κ2) is 6.15. The molecule has 0 bridgehead atoms. The first kappa shape index (κ1) is 16.0. The molecule has 0 unspecified atom stereocenters. The molecule has 1 aromatic carbocycles. The molecule has 1 saturated carbocycles. The topological polar surface area (TPSA) is 12.0 Å². The Morgan fingerprint density at radius 2 is 1.90 bits per heavy atom. The maximum atomic E-state index is 13.4. The lowest BCUT2D eigenvalue weighted by atomic mass is 9.79. The molecule has 2 rings (SSSR count). The fraction of sp³-hybridized carbons (Fsp3) is 0.647. The van der Waals surface area contributed by atoms with Gasteiger partial charge in [0.05, 0.1) is 4.47 Å². The quantitative estimate of drug-likeness (QED) is 0.805. The zero-order valence-corrected chi connectivity index (χ0v) is 14.3. The van der Waals surface area contributed by atoms with Crippen LogP contribution in [-0.2, 0) is 6.42 Å². The van der Waals surface area contributed by atoms with Crippen LogP contribution in [0, 0.1) is 11.2 Å². The molecule has 1 aliphatic carbocycles. The van der Waals surface area contributed by atoms with Gasteiger partial charge >= 0.3 is 0 Å². The van der Waals surface area contributed by atoms with Crippen LogP contribution in [0.5, 0.6) is 0 Å². The van der Waals surface area contributed by atoms with Crippen molar-refractivity contribution in [2.24, 2.45) is 5.41 Å². The van der Waals surface area contributed by atoms with Crippen molar-refractivity contribution in [3.8, 4) is 0 Å². The summed E-state index contributed by atoms with van der Waals surface area (Å²) in [6.45, 7) is 7.68. The molecule has 1 nitrogen and oxygen atoms in total. The molecular weight excluding hydrogens is 317 g/mol. The van der Waals surface area contributed by atoms with E-state index in [-0.39, 0.29) is 11.4 Å². The summed E-state index contributed by atoms with van der Waals surface area (Å²) >= 11 is 3.29. The van der Waals surface area contributed by atoms with Crippen LogP contribution in [0.2, 0.25) is 0 Å². The predicted molar refractivity (Wildman–Crippen MR) is 86.5 cm³/mol. The van der Waals surface area contributed by atoms with E-state index >= 15 is 0 Å². The third kappa shape index (κ3) is 4.29. The summed E-state index contributed by atoms with van der Waals surface area (Å²) in [5, 5.41) is 3.67. The molecule has 0 spiro atoms. The van der Waals surface area contributed by atoms with Crippen LogP contribution in [0.4, 0.5) is 4.39 Å². The summed E-state index contributed by atoms with van der Waals surface area (Å²) in [6, 6.07) is 5.43. The van der Waals surface area contributed by atoms with Crippen molar-refractivity contribution in [1.82, 2.24) is 5.32 Å². The van der Waals surface area contributed by atoms with Crippen LogP contribution < -0.4 is 5.32 Å². The monoisotopic (exact) mass is 341 g/mol. The Labute approximate surface area is 130 Å². The Balaban J connectivity index is 2.10. The average molecular weight is 342 g/mol. The standard InChI is InChI=1S/C17H25BrFN/c1-16(2,3)20-12-17(8-4-5-9-17)11-13-6-7-15(19)14(18)10-13/h6-7,10,20H,4-5,8-9,11-12H2,1-3H3. The first-order valence-corrected chi connectivity index (χ1v) is 8.28. The Kier molecular flexibility index (Phi) is 4.91. The number of nitrogens with one attached hydrogen (secondary N) is 1. The first-order chi connectivity index (χ1) is 9.30. The molecule has 20 heavy (non-hydrogen) atoms. The second-order valence-corrected chi connectivity index (χ2v) is 8.09. The van der Waals surface area contributed by atoms with Crippen molar-refractivity contribution >= 4 is 15.9 Å². The fourth-order valence-electron chi connectivity index (χ4n) is 3.08. The molecule has 0 aromatic heterocycles. The molecule has 0 atom stereocenters. The molecule has 0 heterocycles. The van der Waals surface area contributed by atoms with E-state index < -0.39 is 0 Å². The van der Waals surface area contributed by atoms with Gasteiger partial charge in [-0.15, -0.1) is 0 Å². The minimum Gasteiger partial charge on any atom is -0.312 e. The lowest BCUT2D eigenvalue weighted by molar-refractivity contribution is 0.245. The molecule has 1 fully saturated rings. The summed E-state index contributed by atoms with van der Waals surface area (Å²) in [5.74, 6) is -0.179. The van der Waals surface area contributed by atoms with Gasteiger partial charge < -0.3 is 5.32 Å². The first-order valence-electron chi connectivity index (χ1n) is 7.49. The highest BCUT2D eigenvalue weighted by Gasteiger charge is 2.34. The fourth-order valence-corrected chi connectivity index (χ4v) is 3.50. The number of benzene rings is 1. The molecule has 112 valence electrons. The zero-order valence-electron chi connectivity index (χ0n) is 12.7. The highest BCUT2D eigenvalue weighted by Crippen LogP contribution is 2.41. The van der Waals surface area contributed by atoms with Crippen molar-refractivity contribution in [2.75, 3.05) is 6.54 Å². The van der Waals surface area contributed by atoms with E-state index in [0.717, 1.165) is 13.0 Å². The minimum absolute atomic E-state index is 0.152. The molecule has 3 heteroatoms. The lowest BCUT2D eigenvalue weighted by Gasteiger charge is -2.33. The number of hydrogen-bond donors (Lipinski definition) is 1. The van der Waals surface area contributed by atoms with Gasteiger partial charge in [-0.3, -0.25) is 0 Å². The van der Waals surface area contributed by atoms with Crippen LogP contribution >= 0.6 is 15.9 Å². The SMILES string of the molecule is CC(C)(C)NCC1(Cc2ccc(F)c(Br)c2)CCCC1. The van der Waals surface area contributed by atoms with Gasteiger partial charge in [-0.25, -0.2) is 4.39 Å². The van der Waals surface area contributed by atoms with Gasteiger partial charge in [-0.05, 0) is 79.1 Å².